The van der Waals surface area contributed by atoms with Gasteiger partial charge in [-0.05, 0) is 57.8 Å². The Morgan fingerprint density at radius 2 is 1.32 bits per heavy atom. The molecule has 2 fully saturated rings. The Bertz CT molecular complexity index is 729. The van der Waals surface area contributed by atoms with Gasteiger partial charge in [-0.25, -0.2) is 0 Å². The standard InChI is InChI=1S/C25H48N8O4/c26-12-11-24(36)33(16-22(34)29-13-3-1-5-20(15-27)31-18-7-8-18)17-23(35)30-14-4-2-6-21(25(28)37)32-19-9-10-19/h18-21,31-32H,1-17,26-27H2,(H2,28,37)(H,29,34)(H,30,35). The van der Waals surface area contributed by atoms with E-state index in [-0.39, 0.29) is 55.7 Å². The Morgan fingerprint density at radius 3 is 1.81 bits per heavy atom. The van der Waals surface area contributed by atoms with Crippen LogP contribution in [0.3, 0.4) is 0 Å². The second-order valence-corrected chi connectivity index (χ2v) is 10.2. The lowest BCUT2D eigenvalue weighted by Gasteiger charge is -2.22. The number of nitrogens with one attached hydrogen (secondary N) is 4. The van der Waals surface area contributed by atoms with Crippen molar-refractivity contribution in [3.63, 3.8) is 0 Å². The average Bonchev–Trinajstić information content (AvgIpc) is 3.78. The van der Waals surface area contributed by atoms with E-state index in [4.69, 9.17) is 17.2 Å². The number of nitrogens with two attached hydrogens (primary N) is 3. The Kier molecular flexibility index (Phi) is 14.4. The predicted molar refractivity (Wildman–Crippen MR) is 142 cm³/mol. The molecule has 2 aliphatic carbocycles. The highest BCUT2D eigenvalue weighted by atomic mass is 16.2. The summed E-state index contributed by atoms with van der Waals surface area (Å²) in [4.78, 5) is 50.0. The first kappa shape index (κ1) is 30.9. The van der Waals surface area contributed by atoms with Crippen LogP contribution in [0.25, 0.3) is 0 Å². The predicted octanol–water partition coefficient (Wildman–Crippen LogP) is -1.58. The minimum Gasteiger partial charge on any atom is -0.368 e. The molecule has 0 saturated heterocycles. The van der Waals surface area contributed by atoms with Crippen LogP contribution in [0.2, 0.25) is 0 Å². The van der Waals surface area contributed by atoms with Crippen molar-refractivity contribution in [1.29, 1.82) is 0 Å². The average molecular weight is 525 g/mol. The van der Waals surface area contributed by atoms with Gasteiger partial charge in [0, 0.05) is 50.7 Å². The molecule has 37 heavy (non-hydrogen) atoms. The summed E-state index contributed by atoms with van der Waals surface area (Å²) >= 11 is 0. The highest BCUT2D eigenvalue weighted by Crippen LogP contribution is 2.21. The van der Waals surface area contributed by atoms with E-state index in [1.165, 1.54) is 17.7 Å². The van der Waals surface area contributed by atoms with Crippen molar-refractivity contribution in [3.05, 3.63) is 0 Å². The van der Waals surface area contributed by atoms with Gasteiger partial charge in [0.05, 0.1) is 6.04 Å². The summed E-state index contributed by atoms with van der Waals surface area (Å²) in [5.41, 5.74) is 16.8. The number of carbonyl (C=O) groups is 4. The highest BCUT2D eigenvalue weighted by Gasteiger charge is 2.27. The molecule has 12 nitrogen and oxygen atoms in total. The minimum absolute atomic E-state index is 0.0670. The number of nitrogens with zero attached hydrogens (tertiary/aromatic N) is 1. The smallest absolute Gasteiger partial charge is 0.239 e. The number of carbonyl (C=O) groups excluding carboxylic acids is 4. The molecule has 0 aliphatic heterocycles. The fraction of sp³-hybridized carbons (Fsp3) is 0.840. The zero-order valence-electron chi connectivity index (χ0n) is 22.1. The van der Waals surface area contributed by atoms with E-state index < -0.39 is 0 Å². The van der Waals surface area contributed by atoms with Crippen LogP contribution in [0.4, 0.5) is 0 Å². The lowest BCUT2D eigenvalue weighted by molar-refractivity contribution is -0.139. The molecule has 2 saturated carbocycles. The van der Waals surface area contributed by atoms with Gasteiger partial charge in [-0.3, -0.25) is 19.2 Å². The van der Waals surface area contributed by atoms with E-state index in [1.807, 2.05) is 0 Å². The normalized spacial score (nSPS) is 16.6. The molecule has 10 N–H and O–H groups in total. The van der Waals surface area contributed by atoms with Gasteiger partial charge in [0.1, 0.15) is 13.1 Å². The number of amides is 4. The lowest BCUT2D eigenvalue weighted by Crippen LogP contribution is -2.46. The summed E-state index contributed by atoms with van der Waals surface area (Å²) in [7, 11) is 0. The van der Waals surface area contributed by atoms with Gasteiger partial charge >= 0.3 is 0 Å². The largest absolute Gasteiger partial charge is 0.368 e. The van der Waals surface area contributed by atoms with Gasteiger partial charge in [-0.1, -0.05) is 6.42 Å². The Labute approximate surface area is 220 Å². The molecule has 0 radical (unpaired) electrons. The molecule has 0 aromatic heterocycles. The second kappa shape index (κ2) is 17.3. The molecule has 0 bridgehead atoms. The number of hydrogen-bond acceptors (Lipinski definition) is 8. The summed E-state index contributed by atoms with van der Waals surface area (Å²) in [5, 5.41) is 12.4. The van der Waals surface area contributed by atoms with Crippen LogP contribution in [0.1, 0.15) is 70.6 Å². The molecular formula is C25H48N8O4. The van der Waals surface area contributed by atoms with Crippen LogP contribution in [0.15, 0.2) is 0 Å². The summed E-state index contributed by atoms with van der Waals surface area (Å²) < 4.78 is 0. The molecule has 0 aromatic rings. The van der Waals surface area contributed by atoms with Gasteiger partial charge in [0.15, 0.2) is 0 Å². The van der Waals surface area contributed by atoms with E-state index >= 15 is 0 Å². The molecule has 0 aromatic carbocycles. The first-order valence-electron chi connectivity index (χ1n) is 13.8. The summed E-state index contributed by atoms with van der Waals surface area (Å²) in [6.07, 6.45) is 9.41. The van der Waals surface area contributed by atoms with Crippen LogP contribution in [-0.4, -0.2) is 92.0 Å². The van der Waals surface area contributed by atoms with E-state index in [2.05, 4.69) is 21.3 Å². The van der Waals surface area contributed by atoms with Gasteiger partial charge in [-0.15, -0.1) is 0 Å². The number of unbranched alkanes of at least 4 members (excludes halogenated alkanes) is 2. The maximum absolute atomic E-state index is 12.4. The maximum atomic E-state index is 12.4. The van der Waals surface area contributed by atoms with Gasteiger partial charge in [0.25, 0.3) is 0 Å². The SMILES string of the molecule is NCCC(=O)N(CC(=O)NCCCCC(CN)NC1CC1)CC(=O)NCCCCC(NC1CC1)C(N)=O. The van der Waals surface area contributed by atoms with Crippen LogP contribution in [0, 0.1) is 0 Å². The van der Waals surface area contributed by atoms with E-state index in [1.54, 1.807) is 0 Å². The van der Waals surface area contributed by atoms with Crippen molar-refractivity contribution < 1.29 is 19.2 Å². The van der Waals surface area contributed by atoms with Gasteiger partial charge < -0.3 is 43.4 Å². The first-order chi connectivity index (χ1) is 17.8. The zero-order valence-corrected chi connectivity index (χ0v) is 22.1. The molecule has 2 unspecified atom stereocenters. The zero-order chi connectivity index (χ0) is 27.0. The van der Waals surface area contributed by atoms with Crippen LogP contribution in [0.5, 0.6) is 0 Å². The fourth-order valence-corrected chi connectivity index (χ4v) is 4.11. The lowest BCUT2D eigenvalue weighted by atomic mass is 10.1. The Balaban J connectivity index is 1.62. The summed E-state index contributed by atoms with van der Waals surface area (Å²) in [6, 6.07) is 0.984. The molecule has 0 heterocycles. The molecule has 2 rings (SSSR count). The highest BCUT2D eigenvalue weighted by molar-refractivity contribution is 5.89. The van der Waals surface area contributed by atoms with Crippen molar-refractivity contribution >= 4 is 23.6 Å². The topological polar surface area (TPSA) is 198 Å². The molecule has 0 spiro atoms. The van der Waals surface area contributed by atoms with Crippen molar-refractivity contribution in [3.8, 4) is 0 Å². The van der Waals surface area contributed by atoms with Crippen molar-refractivity contribution in [2.45, 2.75) is 94.8 Å². The molecule has 2 aliphatic rings. The van der Waals surface area contributed by atoms with E-state index in [9.17, 15) is 19.2 Å². The molecule has 2 atom stereocenters. The number of primary amides is 1. The van der Waals surface area contributed by atoms with Crippen molar-refractivity contribution in [2.75, 3.05) is 39.3 Å². The summed E-state index contributed by atoms with van der Waals surface area (Å²) in [5.74, 6) is -1.32. The van der Waals surface area contributed by atoms with Crippen LogP contribution < -0.4 is 38.5 Å². The molecule has 12 heteroatoms. The fourth-order valence-electron chi connectivity index (χ4n) is 4.11. The van der Waals surface area contributed by atoms with Gasteiger partial charge in [0.2, 0.25) is 23.6 Å². The third-order valence-electron chi connectivity index (χ3n) is 6.61. The molecule has 4 amide bonds. The Hall–Kier alpha value is -2.28. The van der Waals surface area contributed by atoms with Crippen molar-refractivity contribution in [2.24, 2.45) is 17.2 Å². The quantitative estimate of drug-likeness (QED) is 0.0823. The third-order valence-corrected chi connectivity index (χ3v) is 6.61. The monoisotopic (exact) mass is 524 g/mol. The van der Waals surface area contributed by atoms with E-state index in [0.29, 0.717) is 50.6 Å². The van der Waals surface area contributed by atoms with Crippen LogP contribution >= 0.6 is 0 Å². The molecular weight excluding hydrogens is 476 g/mol. The summed E-state index contributed by atoms with van der Waals surface area (Å²) in [6.45, 7) is 1.28. The minimum atomic E-state index is -0.353. The van der Waals surface area contributed by atoms with Gasteiger partial charge in [-0.2, -0.15) is 0 Å². The second-order valence-electron chi connectivity index (χ2n) is 10.2. The Morgan fingerprint density at radius 1 is 0.784 bits per heavy atom. The number of hydrogen-bond donors (Lipinski definition) is 7. The molecule has 212 valence electrons. The number of rotatable bonds is 22. The van der Waals surface area contributed by atoms with Crippen molar-refractivity contribution in [1.82, 2.24) is 26.2 Å². The maximum Gasteiger partial charge on any atom is 0.239 e. The van der Waals surface area contributed by atoms with E-state index in [0.717, 1.165) is 38.5 Å². The third kappa shape index (κ3) is 14.3. The van der Waals surface area contributed by atoms with Crippen LogP contribution in [-0.2, 0) is 19.2 Å². The first-order valence-corrected chi connectivity index (χ1v) is 13.8.